The molecule has 0 radical (unpaired) electrons. The van der Waals surface area contributed by atoms with Gasteiger partial charge in [-0.3, -0.25) is 5.10 Å². The number of H-pyrrole nitrogens is 1. The van der Waals surface area contributed by atoms with Crippen LogP contribution < -0.4 is 4.74 Å². The van der Waals surface area contributed by atoms with E-state index in [-0.39, 0.29) is 11.6 Å². The van der Waals surface area contributed by atoms with Gasteiger partial charge in [-0.15, -0.1) is 0 Å². The third-order valence-electron chi connectivity index (χ3n) is 2.07. The molecule has 78 valence electrons. The number of rotatable bonds is 3. The molecule has 1 aromatic carbocycles. The zero-order valence-corrected chi connectivity index (χ0v) is 8.33. The molecule has 0 aliphatic rings. The molecule has 2 aromatic rings. The average Bonchev–Trinajstić information content (AvgIpc) is 2.74. The second-order valence-corrected chi connectivity index (χ2v) is 3.04. The van der Waals surface area contributed by atoms with Gasteiger partial charge in [0.05, 0.1) is 12.8 Å². The Labute approximate surface area is 86.9 Å². The minimum Gasteiger partial charge on any atom is -0.491 e. The van der Waals surface area contributed by atoms with E-state index >= 15 is 0 Å². The molecule has 0 aliphatic carbocycles. The fraction of sp³-hybridized carbons (Fsp3) is 0.182. The van der Waals surface area contributed by atoms with Gasteiger partial charge in [0.15, 0.2) is 11.6 Å². The highest BCUT2D eigenvalue weighted by Gasteiger charge is 2.10. The molecular formula is C11H11FN2O. The molecular weight excluding hydrogens is 195 g/mol. The summed E-state index contributed by atoms with van der Waals surface area (Å²) in [5.74, 6) is -0.0723. The highest BCUT2D eigenvalue weighted by molar-refractivity contribution is 5.64. The van der Waals surface area contributed by atoms with E-state index in [4.69, 9.17) is 4.74 Å². The minimum atomic E-state index is -0.347. The van der Waals surface area contributed by atoms with E-state index in [1.54, 1.807) is 30.6 Å². The van der Waals surface area contributed by atoms with Crippen molar-refractivity contribution in [3.05, 3.63) is 36.4 Å². The summed E-state index contributed by atoms with van der Waals surface area (Å²) in [6.07, 6.45) is 3.22. The van der Waals surface area contributed by atoms with Crippen LogP contribution >= 0.6 is 0 Å². The molecule has 2 rings (SSSR count). The first-order valence-electron chi connectivity index (χ1n) is 4.73. The monoisotopic (exact) mass is 206 g/mol. The lowest BCUT2D eigenvalue weighted by Crippen LogP contribution is -1.95. The van der Waals surface area contributed by atoms with Crippen molar-refractivity contribution in [2.75, 3.05) is 6.61 Å². The van der Waals surface area contributed by atoms with Gasteiger partial charge in [-0.2, -0.15) is 5.10 Å². The highest BCUT2D eigenvalue weighted by atomic mass is 19.1. The first-order valence-corrected chi connectivity index (χ1v) is 4.73. The van der Waals surface area contributed by atoms with Crippen molar-refractivity contribution in [1.29, 1.82) is 0 Å². The van der Waals surface area contributed by atoms with E-state index < -0.39 is 0 Å². The maximum Gasteiger partial charge on any atom is 0.172 e. The van der Waals surface area contributed by atoms with Crippen LogP contribution in [0.3, 0.4) is 0 Å². The summed E-state index contributed by atoms with van der Waals surface area (Å²) < 4.78 is 19.0. The SMILES string of the molecule is CCOc1cccc(-c2cn[nH]c2)c1F. The summed E-state index contributed by atoms with van der Waals surface area (Å²) in [6.45, 7) is 2.27. The van der Waals surface area contributed by atoms with Crippen molar-refractivity contribution in [2.24, 2.45) is 0 Å². The van der Waals surface area contributed by atoms with Crippen molar-refractivity contribution >= 4 is 0 Å². The maximum absolute atomic E-state index is 13.9. The Hall–Kier alpha value is -1.84. The molecule has 0 saturated carbocycles. The summed E-state index contributed by atoms with van der Waals surface area (Å²) in [5.41, 5.74) is 1.21. The number of hydrogen-bond donors (Lipinski definition) is 1. The second-order valence-electron chi connectivity index (χ2n) is 3.04. The predicted octanol–water partition coefficient (Wildman–Crippen LogP) is 2.61. The Balaban J connectivity index is 2.45. The Morgan fingerprint density at radius 1 is 1.47 bits per heavy atom. The molecule has 1 heterocycles. The molecule has 0 fully saturated rings. The minimum absolute atomic E-state index is 0.274. The summed E-state index contributed by atoms with van der Waals surface area (Å²) in [4.78, 5) is 0. The Kier molecular flexibility index (Phi) is 2.67. The first kappa shape index (κ1) is 9.71. The van der Waals surface area contributed by atoms with Gasteiger partial charge >= 0.3 is 0 Å². The van der Waals surface area contributed by atoms with E-state index in [1.807, 2.05) is 6.92 Å². The molecule has 0 amide bonds. The normalized spacial score (nSPS) is 10.3. The maximum atomic E-state index is 13.9. The van der Waals surface area contributed by atoms with Gasteiger partial charge in [-0.05, 0) is 13.0 Å². The van der Waals surface area contributed by atoms with E-state index in [2.05, 4.69) is 10.2 Å². The van der Waals surface area contributed by atoms with Crippen LogP contribution in [0.15, 0.2) is 30.6 Å². The molecule has 4 heteroatoms. The van der Waals surface area contributed by atoms with Gasteiger partial charge in [-0.1, -0.05) is 12.1 Å². The largest absolute Gasteiger partial charge is 0.491 e. The standard InChI is InChI=1S/C11H11FN2O/c1-2-15-10-5-3-4-9(11(10)12)8-6-13-14-7-8/h3-7H,2H2,1H3,(H,13,14). The van der Waals surface area contributed by atoms with Crippen LogP contribution in [0.5, 0.6) is 5.75 Å². The summed E-state index contributed by atoms with van der Waals surface area (Å²) in [5, 5.41) is 6.43. The Bertz CT molecular complexity index is 440. The van der Waals surface area contributed by atoms with Crippen molar-refractivity contribution < 1.29 is 9.13 Å². The highest BCUT2D eigenvalue weighted by Crippen LogP contribution is 2.28. The number of benzene rings is 1. The van der Waals surface area contributed by atoms with Crippen LogP contribution in [0.1, 0.15) is 6.92 Å². The lowest BCUT2D eigenvalue weighted by atomic mass is 10.1. The summed E-state index contributed by atoms with van der Waals surface area (Å²) >= 11 is 0. The topological polar surface area (TPSA) is 37.9 Å². The van der Waals surface area contributed by atoms with Crippen molar-refractivity contribution in [3.63, 3.8) is 0 Å². The molecule has 0 bridgehead atoms. The van der Waals surface area contributed by atoms with Gasteiger partial charge < -0.3 is 4.74 Å². The van der Waals surface area contributed by atoms with E-state index in [9.17, 15) is 4.39 Å². The fourth-order valence-corrected chi connectivity index (χ4v) is 1.40. The van der Waals surface area contributed by atoms with Crippen LogP contribution in [0.25, 0.3) is 11.1 Å². The molecule has 0 aliphatic heterocycles. The Morgan fingerprint density at radius 2 is 2.33 bits per heavy atom. The van der Waals surface area contributed by atoms with Crippen LogP contribution in [0.4, 0.5) is 4.39 Å². The number of nitrogens with one attached hydrogen (secondary N) is 1. The van der Waals surface area contributed by atoms with E-state index in [0.717, 1.165) is 0 Å². The lowest BCUT2D eigenvalue weighted by Gasteiger charge is -2.06. The summed E-state index contributed by atoms with van der Waals surface area (Å²) in [7, 11) is 0. The van der Waals surface area contributed by atoms with Gasteiger partial charge in [-0.25, -0.2) is 4.39 Å². The number of ether oxygens (including phenoxy) is 1. The van der Waals surface area contributed by atoms with Crippen molar-refractivity contribution in [2.45, 2.75) is 6.92 Å². The smallest absolute Gasteiger partial charge is 0.172 e. The molecule has 3 nitrogen and oxygen atoms in total. The lowest BCUT2D eigenvalue weighted by molar-refractivity contribution is 0.322. The summed E-state index contributed by atoms with van der Waals surface area (Å²) in [6, 6.07) is 5.07. The number of nitrogens with zero attached hydrogens (tertiary/aromatic N) is 1. The van der Waals surface area contributed by atoms with Crippen LogP contribution in [0.2, 0.25) is 0 Å². The van der Waals surface area contributed by atoms with Crippen LogP contribution in [-0.2, 0) is 0 Å². The number of hydrogen-bond acceptors (Lipinski definition) is 2. The molecule has 0 saturated heterocycles. The van der Waals surface area contributed by atoms with E-state index in [0.29, 0.717) is 17.7 Å². The van der Waals surface area contributed by atoms with Gasteiger partial charge in [0.25, 0.3) is 0 Å². The van der Waals surface area contributed by atoms with E-state index in [1.165, 1.54) is 0 Å². The fourth-order valence-electron chi connectivity index (χ4n) is 1.40. The van der Waals surface area contributed by atoms with Crippen molar-refractivity contribution in [1.82, 2.24) is 10.2 Å². The molecule has 1 aromatic heterocycles. The number of aromatic amines is 1. The molecule has 15 heavy (non-hydrogen) atoms. The number of aromatic nitrogens is 2. The van der Waals surface area contributed by atoms with Crippen molar-refractivity contribution in [3.8, 4) is 16.9 Å². The third kappa shape index (κ3) is 1.83. The molecule has 0 atom stereocenters. The van der Waals surface area contributed by atoms with Gasteiger partial charge in [0.1, 0.15) is 0 Å². The molecule has 1 N–H and O–H groups in total. The predicted molar refractivity (Wildman–Crippen MR) is 55.2 cm³/mol. The third-order valence-corrected chi connectivity index (χ3v) is 2.07. The first-order chi connectivity index (χ1) is 7.33. The Morgan fingerprint density at radius 3 is 3.00 bits per heavy atom. The van der Waals surface area contributed by atoms with Crippen LogP contribution in [0, 0.1) is 5.82 Å². The van der Waals surface area contributed by atoms with Gasteiger partial charge in [0, 0.05) is 17.3 Å². The number of halogens is 1. The van der Waals surface area contributed by atoms with Crippen LogP contribution in [-0.4, -0.2) is 16.8 Å². The zero-order chi connectivity index (χ0) is 10.7. The molecule has 0 unspecified atom stereocenters. The zero-order valence-electron chi connectivity index (χ0n) is 8.33. The average molecular weight is 206 g/mol. The molecule has 0 spiro atoms. The quantitative estimate of drug-likeness (QED) is 0.838. The second kappa shape index (κ2) is 4.13. The van der Waals surface area contributed by atoms with Gasteiger partial charge in [0.2, 0.25) is 0 Å².